The van der Waals surface area contributed by atoms with E-state index in [0.29, 0.717) is 0 Å². The van der Waals surface area contributed by atoms with Crippen molar-refractivity contribution < 1.29 is 26.1 Å². The van der Waals surface area contributed by atoms with Crippen molar-refractivity contribution in [2.75, 3.05) is 0 Å². The summed E-state index contributed by atoms with van der Waals surface area (Å²) in [5.41, 5.74) is 0.357. The fourth-order valence-electron chi connectivity index (χ4n) is 1.35. The molecule has 2 aromatic carbocycles. The van der Waals surface area contributed by atoms with Crippen LogP contribution in [0.25, 0.3) is 0 Å². The van der Waals surface area contributed by atoms with E-state index in [4.69, 9.17) is 4.55 Å². The number of hydrogen-bond acceptors (Lipinski definition) is 2. The highest BCUT2D eigenvalue weighted by atomic mass is 127. The van der Waals surface area contributed by atoms with Crippen molar-refractivity contribution in [3.8, 4) is 0 Å². The molecule has 2 rings (SSSR count). The highest BCUT2D eigenvalue weighted by Crippen LogP contribution is 2.29. The number of alkyl halides is 3. The highest BCUT2D eigenvalue weighted by molar-refractivity contribution is 14.1. The first-order valence-electron chi connectivity index (χ1n) is 5.87. The van der Waals surface area contributed by atoms with Gasteiger partial charge in [-0.05, 0) is 65.9 Å². The van der Waals surface area contributed by atoms with Crippen molar-refractivity contribution in [2.24, 2.45) is 0 Å². The Hall–Kier alpha value is -1.13. The van der Waals surface area contributed by atoms with Gasteiger partial charge in [-0.2, -0.15) is 21.6 Å². The first-order chi connectivity index (χ1) is 10.00. The Kier molecular flexibility index (Phi) is 6.38. The number of rotatable bonds is 1. The van der Waals surface area contributed by atoms with E-state index in [1.165, 1.54) is 24.3 Å². The maximum atomic E-state index is 11.9. The number of aryl methyl sites for hydroxylation is 1. The highest BCUT2D eigenvalue weighted by Gasteiger charge is 2.29. The predicted molar refractivity (Wildman–Crippen MR) is 85.2 cm³/mol. The van der Waals surface area contributed by atoms with Crippen LogP contribution in [-0.2, 0) is 16.3 Å². The second-order valence-corrected chi connectivity index (χ2v) is 6.96. The van der Waals surface area contributed by atoms with Crippen LogP contribution < -0.4 is 0 Å². The van der Waals surface area contributed by atoms with E-state index < -0.39 is 21.9 Å². The molecule has 120 valence electrons. The van der Waals surface area contributed by atoms with Crippen molar-refractivity contribution in [3.05, 3.63) is 63.2 Å². The van der Waals surface area contributed by atoms with Gasteiger partial charge in [0.05, 0.1) is 10.5 Å². The van der Waals surface area contributed by atoms with Crippen molar-refractivity contribution in [2.45, 2.75) is 18.0 Å². The summed E-state index contributed by atoms with van der Waals surface area (Å²) in [4.78, 5) is -0.0666. The third kappa shape index (κ3) is 6.32. The molecule has 0 saturated heterocycles. The zero-order valence-electron chi connectivity index (χ0n) is 11.3. The normalized spacial score (nSPS) is 11.5. The van der Waals surface area contributed by atoms with E-state index in [1.54, 1.807) is 12.1 Å². The Labute approximate surface area is 140 Å². The Morgan fingerprint density at radius 2 is 1.41 bits per heavy atom. The zero-order chi connectivity index (χ0) is 17.0. The van der Waals surface area contributed by atoms with E-state index in [2.05, 4.69) is 0 Å². The molecule has 0 aliphatic rings. The van der Waals surface area contributed by atoms with Crippen molar-refractivity contribution in [1.29, 1.82) is 0 Å². The number of benzene rings is 2. The van der Waals surface area contributed by atoms with Gasteiger partial charge in [-0.1, -0.05) is 17.7 Å². The van der Waals surface area contributed by atoms with Gasteiger partial charge >= 0.3 is 6.18 Å². The van der Waals surface area contributed by atoms with Gasteiger partial charge in [0.15, 0.2) is 0 Å². The second-order valence-electron chi connectivity index (χ2n) is 4.29. The van der Waals surface area contributed by atoms with Gasteiger partial charge in [0.2, 0.25) is 0 Å². The molecule has 0 amide bonds. The molecular formula is C14H12F3IO3S. The quantitative estimate of drug-likeness (QED) is 0.519. The van der Waals surface area contributed by atoms with Crippen molar-refractivity contribution in [1.82, 2.24) is 0 Å². The molecule has 0 atom stereocenters. The topological polar surface area (TPSA) is 54.4 Å². The Balaban J connectivity index is 0.000000220. The molecule has 22 heavy (non-hydrogen) atoms. The Bertz CT molecular complexity index is 708. The molecule has 0 bridgehead atoms. The average molecular weight is 444 g/mol. The zero-order valence-corrected chi connectivity index (χ0v) is 14.3. The van der Waals surface area contributed by atoms with E-state index >= 15 is 0 Å². The van der Waals surface area contributed by atoms with Gasteiger partial charge in [0.1, 0.15) is 0 Å². The Morgan fingerprint density at radius 1 is 0.955 bits per heavy atom. The van der Waals surface area contributed by atoms with Gasteiger partial charge in [-0.3, -0.25) is 4.55 Å². The molecule has 0 aliphatic carbocycles. The van der Waals surface area contributed by atoms with Gasteiger partial charge in [0, 0.05) is 3.57 Å². The first-order valence-corrected chi connectivity index (χ1v) is 8.39. The van der Waals surface area contributed by atoms with Crippen LogP contribution in [0.2, 0.25) is 0 Å². The molecule has 0 saturated carbocycles. The minimum atomic E-state index is -4.22. The van der Waals surface area contributed by atoms with Crippen LogP contribution >= 0.6 is 22.6 Å². The molecule has 0 fully saturated rings. The van der Waals surface area contributed by atoms with E-state index in [-0.39, 0.29) is 4.90 Å². The van der Waals surface area contributed by atoms with Gasteiger partial charge in [-0.25, -0.2) is 0 Å². The average Bonchev–Trinajstić information content (AvgIpc) is 2.38. The number of halogens is 4. The largest absolute Gasteiger partial charge is 0.416 e. The molecular weight excluding hydrogens is 432 g/mol. The summed E-state index contributed by atoms with van der Waals surface area (Å²) >= 11 is 1.96. The van der Waals surface area contributed by atoms with Gasteiger partial charge < -0.3 is 0 Å². The predicted octanol–water partition coefficient (Wildman–Crippen LogP) is 4.55. The van der Waals surface area contributed by atoms with Crippen molar-refractivity contribution in [3.63, 3.8) is 0 Å². The van der Waals surface area contributed by atoms with Crippen molar-refractivity contribution >= 4 is 32.7 Å². The summed E-state index contributed by atoms with van der Waals surface area (Å²) in [6, 6.07) is 11.0. The summed E-state index contributed by atoms with van der Waals surface area (Å²) < 4.78 is 66.1. The minimum Gasteiger partial charge on any atom is -0.282 e. The SMILES string of the molecule is Cc1ccc(S(=O)(=O)O)cc1.FC(F)(F)c1ccc(I)cc1. The van der Waals surface area contributed by atoms with Crippen LogP contribution in [0, 0.1) is 10.5 Å². The van der Waals surface area contributed by atoms with Crippen LogP contribution in [0.5, 0.6) is 0 Å². The summed E-state index contributed by atoms with van der Waals surface area (Å²) in [7, 11) is -4.02. The molecule has 0 radical (unpaired) electrons. The third-order valence-electron chi connectivity index (χ3n) is 2.49. The molecule has 0 spiro atoms. The van der Waals surface area contributed by atoms with E-state index in [1.807, 2.05) is 29.5 Å². The lowest BCUT2D eigenvalue weighted by molar-refractivity contribution is -0.137. The van der Waals surface area contributed by atoms with E-state index in [9.17, 15) is 21.6 Å². The first kappa shape index (κ1) is 18.9. The smallest absolute Gasteiger partial charge is 0.282 e. The molecule has 0 heterocycles. The van der Waals surface area contributed by atoms with Crippen LogP contribution in [0.15, 0.2) is 53.4 Å². The van der Waals surface area contributed by atoms with Crippen LogP contribution in [0.3, 0.4) is 0 Å². The molecule has 3 nitrogen and oxygen atoms in total. The molecule has 8 heteroatoms. The molecule has 0 aliphatic heterocycles. The lowest BCUT2D eigenvalue weighted by atomic mass is 10.2. The van der Waals surface area contributed by atoms with Gasteiger partial charge in [-0.15, -0.1) is 0 Å². The lowest BCUT2D eigenvalue weighted by Gasteiger charge is -2.04. The van der Waals surface area contributed by atoms with Crippen LogP contribution in [0.4, 0.5) is 13.2 Å². The Morgan fingerprint density at radius 3 is 1.77 bits per heavy atom. The molecule has 2 aromatic rings. The maximum absolute atomic E-state index is 11.9. The summed E-state index contributed by atoms with van der Waals surface area (Å²) in [6.45, 7) is 1.84. The fraction of sp³-hybridized carbons (Fsp3) is 0.143. The van der Waals surface area contributed by atoms with Crippen LogP contribution in [0.1, 0.15) is 11.1 Å². The number of hydrogen-bond donors (Lipinski definition) is 1. The standard InChI is InChI=1S/C7H4F3I.C7H8O3S/c8-7(9,10)5-1-3-6(11)4-2-5;1-6-2-4-7(5-3-6)11(8,9)10/h1-4H;2-5H,1H3,(H,8,9,10). The monoisotopic (exact) mass is 444 g/mol. The lowest BCUT2D eigenvalue weighted by Crippen LogP contribution is -2.03. The molecule has 1 N–H and O–H groups in total. The fourth-order valence-corrected chi connectivity index (χ4v) is 2.19. The second kappa shape index (κ2) is 7.42. The van der Waals surface area contributed by atoms with E-state index in [0.717, 1.165) is 21.3 Å². The maximum Gasteiger partial charge on any atom is 0.416 e. The minimum absolute atomic E-state index is 0.0666. The van der Waals surface area contributed by atoms with Crippen LogP contribution in [-0.4, -0.2) is 13.0 Å². The summed E-state index contributed by atoms with van der Waals surface area (Å²) in [5.74, 6) is 0. The summed E-state index contributed by atoms with van der Waals surface area (Å²) in [6.07, 6.45) is -4.22. The van der Waals surface area contributed by atoms with Gasteiger partial charge in [0.25, 0.3) is 10.1 Å². The summed E-state index contributed by atoms with van der Waals surface area (Å²) in [5, 5.41) is 0. The molecule has 0 aromatic heterocycles. The third-order valence-corrected chi connectivity index (χ3v) is 4.08. The molecule has 0 unspecified atom stereocenters.